The molecule has 1 aliphatic heterocycles. The zero-order valence-corrected chi connectivity index (χ0v) is 10.5. The molecule has 2 amide bonds. The van der Waals surface area contributed by atoms with Gasteiger partial charge in [0.1, 0.15) is 5.82 Å². The average molecular weight is 271 g/mol. The number of imide groups is 1. The Balaban J connectivity index is 2.18. The first-order valence-corrected chi connectivity index (χ1v) is 5.88. The highest BCUT2D eigenvalue weighted by molar-refractivity contribution is 6.30. The van der Waals surface area contributed by atoms with Crippen LogP contribution in [0.1, 0.15) is 12.5 Å². The van der Waals surface area contributed by atoms with Crippen molar-refractivity contribution in [3.63, 3.8) is 0 Å². The maximum atomic E-state index is 13.3. The molecule has 18 heavy (non-hydrogen) atoms. The van der Waals surface area contributed by atoms with E-state index in [-0.39, 0.29) is 29.9 Å². The van der Waals surface area contributed by atoms with Crippen LogP contribution in [0, 0.1) is 5.82 Å². The second-order valence-electron chi connectivity index (χ2n) is 4.17. The lowest BCUT2D eigenvalue weighted by Gasteiger charge is -2.29. The third-order valence-electron chi connectivity index (χ3n) is 2.82. The Morgan fingerprint density at radius 1 is 1.50 bits per heavy atom. The molecule has 0 spiro atoms. The number of halogens is 2. The summed E-state index contributed by atoms with van der Waals surface area (Å²) in [5.41, 5.74) is 0.535. The summed E-state index contributed by atoms with van der Waals surface area (Å²) in [7, 11) is 0. The lowest BCUT2D eigenvalue weighted by molar-refractivity contribution is -0.149. The first kappa shape index (κ1) is 13.0. The molecule has 4 nitrogen and oxygen atoms in total. The van der Waals surface area contributed by atoms with Crippen LogP contribution in [-0.2, 0) is 16.1 Å². The van der Waals surface area contributed by atoms with Crippen molar-refractivity contribution in [2.24, 2.45) is 0 Å². The van der Waals surface area contributed by atoms with Crippen LogP contribution in [-0.4, -0.2) is 29.3 Å². The van der Waals surface area contributed by atoms with E-state index in [1.807, 2.05) is 0 Å². The Morgan fingerprint density at radius 2 is 2.22 bits per heavy atom. The van der Waals surface area contributed by atoms with Gasteiger partial charge >= 0.3 is 0 Å². The molecule has 0 saturated carbocycles. The summed E-state index contributed by atoms with van der Waals surface area (Å²) in [6.45, 7) is 1.87. The molecule has 96 valence electrons. The highest BCUT2D eigenvalue weighted by atomic mass is 35.5. The fraction of sp³-hybridized carbons (Fsp3) is 0.333. The Bertz CT molecular complexity index is 507. The van der Waals surface area contributed by atoms with Crippen LogP contribution in [0.25, 0.3) is 0 Å². The van der Waals surface area contributed by atoms with Crippen LogP contribution >= 0.6 is 11.6 Å². The minimum atomic E-state index is -0.558. The Hall–Kier alpha value is -1.46. The Morgan fingerprint density at radius 3 is 2.89 bits per heavy atom. The standard InChI is InChI=1S/C12H12ClFN2O2/c1-7-12(18)16(11(17)5-15-7)6-8-2-3-9(13)10(14)4-8/h2-4,7,15H,5-6H2,1H3. The van der Waals surface area contributed by atoms with Gasteiger partial charge in [-0.2, -0.15) is 0 Å². The molecular formula is C12H12ClFN2O2. The molecule has 1 saturated heterocycles. The fourth-order valence-electron chi connectivity index (χ4n) is 1.77. The number of hydrogen-bond acceptors (Lipinski definition) is 3. The molecule has 1 atom stereocenters. The van der Waals surface area contributed by atoms with Crippen molar-refractivity contribution in [2.75, 3.05) is 6.54 Å². The molecule has 0 radical (unpaired) electrons. The lowest BCUT2D eigenvalue weighted by Crippen LogP contribution is -2.56. The van der Waals surface area contributed by atoms with E-state index >= 15 is 0 Å². The van der Waals surface area contributed by atoms with Crippen molar-refractivity contribution in [2.45, 2.75) is 19.5 Å². The lowest BCUT2D eigenvalue weighted by atomic mass is 10.1. The van der Waals surface area contributed by atoms with Crippen LogP contribution in [0.3, 0.4) is 0 Å². The van der Waals surface area contributed by atoms with Crippen LogP contribution in [0.2, 0.25) is 5.02 Å². The number of nitrogens with zero attached hydrogens (tertiary/aromatic N) is 1. The topological polar surface area (TPSA) is 49.4 Å². The molecule has 6 heteroatoms. The van der Waals surface area contributed by atoms with E-state index in [2.05, 4.69) is 5.32 Å². The van der Waals surface area contributed by atoms with Gasteiger partial charge in [-0.1, -0.05) is 17.7 Å². The monoisotopic (exact) mass is 270 g/mol. The van der Waals surface area contributed by atoms with Crippen molar-refractivity contribution in [3.8, 4) is 0 Å². The van der Waals surface area contributed by atoms with Gasteiger partial charge < -0.3 is 0 Å². The number of nitrogens with one attached hydrogen (secondary N) is 1. The minimum absolute atomic E-state index is 0.0186. The highest BCUT2D eigenvalue weighted by Gasteiger charge is 2.31. The maximum Gasteiger partial charge on any atom is 0.246 e. The molecule has 1 aromatic rings. The number of amides is 2. The minimum Gasteiger partial charge on any atom is -0.298 e. The van der Waals surface area contributed by atoms with Crippen molar-refractivity contribution in [3.05, 3.63) is 34.6 Å². The summed E-state index contributed by atoms with van der Waals surface area (Å²) in [5, 5.41) is 2.80. The Labute approximate surface area is 109 Å². The zero-order chi connectivity index (χ0) is 13.3. The Kier molecular flexibility index (Phi) is 3.63. The van der Waals surface area contributed by atoms with Gasteiger partial charge in [0.25, 0.3) is 0 Å². The molecule has 1 aromatic carbocycles. The quantitative estimate of drug-likeness (QED) is 0.825. The number of carbonyl (C=O) groups excluding carboxylic acids is 2. The van der Waals surface area contributed by atoms with Gasteiger partial charge in [-0.05, 0) is 24.6 Å². The van der Waals surface area contributed by atoms with Crippen LogP contribution < -0.4 is 5.32 Å². The van der Waals surface area contributed by atoms with Gasteiger partial charge in [0.05, 0.1) is 24.2 Å². The van der Waals surface area contributed by atoms with Crippen molar-refractivity contribution in [1.29, 1.82) is 0 Å². The van der Waals surface area contributed by atoms with Crippen LogP contribution in [0.15, 0.2) is 18.2 Å². The smallest absolute Gasteiger partial charge is 0.246 e. The molecule has 1 heterocycles. The van der Waals surface area contributed by atoms with Gasteiger partial charge in [-0.3, -0.25) is 19.8 Å². The number of hydrogen-bond donors (Lipinski definition) is 1. The molecule has 2 rings (SSSR count). The third-order valence-corrected chi connectivity index (χ3v) is 3.13. The van der Waals surface area contributed by atoms with Gasteiger partial charge in [0.15, 0.2) is 0 Å². The first-order valence-electron chi connectivity index (χ1n) is 5.50. The first-order chi connectivity index (χ1) is 8.49. The molecule has 1 unspecified atom stereocenters. The highest BCUT2D eigenvalue weighted by Crippen LogP contribution is 2.17. The number of piperazine rings is 1. The number of carbonyl (C=O) groups is 2. The second kappa shape index (κ2) is 5.04. The average Bonchev–Trinajstić information content (AvgIpc) is 2.34. The molecule has 0 aromatic heterocycles. The summed E-state index contributed by atoms with van der Waals surface area (Å²) in [6.07, 6.45) is 0. The predicted octanol–water partition coefficient (Wildman–Crippen LogP) is 1.33. The third kappa shape index (κ3) is 2.52. The van der Waals surface area contributed by atoms with Crippen molar-refractivity contribution in [1.82, 2.24) is 10.2 Å². The van der Waals surface area contributed by atoms with E-state index in [4.69, 9.17) is 11.6 Å². The summed E-state index contributed by atoms with van der Waals surface area (Å²) in [4.78, 5) is 24.6. The van der Waals surface area contributed by atoms with E-state index in [0.29, 0.717) is 5.56 Å². The fourth-order valence-corrected chi connectivity index (χ4v) is 1.88. The van der Waals surface area contributed by atoms with Crippen molar-refractivity contribution < 1.29 is 14.0 Å². The summed E-state index contributed by atoms with van der Waals surface area (Å²) in [6, 6.07) is 3.83. The summed E-state index contributed by atoms with van der Waals surface area (Å²) >= 11 is 5.57. The maximum absolute atomic E-state index is 13.3. The summed E-state index contributed by atoms with van der Waals surface area (Å²) in [5.74, 6) is -1.17. The predicted molar refractivity (Wildman–Crippen MR) is 64.4 cm³/mol. The molecule has 1 N–H and O–H groups in total. The van der Waals surface area contributed by atoms with Crippen molar-refractivity contribution >= 4 is 23.4 Å². The summed E-state index contributed by atoms with van der Waals surface area (Å²) < 4.78 is 13.3. The SMILES string of the molecule is CC1NCC(=O)N(Cc2ccc(Cl)c(F)c2)C1=O. The van der Waals surface area contributed by atoms with E-state index < -0.39 is 11.9 Å². The molecule has 1 aliphatic rings. The van der Waals surface area contributed by atoms with Gasteiger partial charge in [-0.15, -0.1) is 0 Å². The molecular weight excluding hydrogens is 259 g/mol. The normalized spacial score (nSPS) is 20.4. The van der Waals surface area contributed by atoms with Crippen LogP contribution in [0.4, 0.5) is 4.39 Å². The van der Waals surface area contributed by atoms with E-state index in [1.54, 1.807) is 13.0 Å². The van der Waals surface area contributed by atoms with Gasteiger partial charge in [0, 0.05) is 0 Å². The number of rotatable bonds is 2. The number of benzene rings is 1. The molecule has 1 fully saturated rings. The molecule has 0 aliphatic carbocycles. The van der Waals surface area contributed by atoms with E-state index in [9.17, 15) is 14.0 Å². The van der Waals surface area contributed by atoms with Gasteiger partial charge in [-0.25, -0.2) is 4.39 Å². The van der Waals surface area contributed by atoms with Crippen LogP contribution in [0.5, 0.6) is 0 Å². The molecule has 0 bridgehead atoms. The van der Waals surface area contributed by atoms with E-state index in [0.717, 1.165) is 4.90 Å². The van der Waals surface area contributed by atoms with E-state index in [1.165, 1.54) is 12.1 Å². The largest absolute Gasteiger partial charge is 0.298 e. The zero-order valence-electron chi connectivity index (χ0n) is 9.74. The second-order valence-corrected chi connectivity index (χ2v) is 4.58. The van der Waals surface area contributed by atoms with Gasteiger partial charge in [0.2, 0.25) is 11.8 Å².